The smallest absolute Gasteiger partial charge is 0.393 e. The number of aromatic nitrogens is 2. The van der Waals surface area contributed by atoms with Crippen LogP contribution in [0.5, 0.6) is 0 Å². The fourth-order valence-corrected chi connectivity index (χ4v) is 5.97. The lowest BCUT2D eigenvalue weighted by Crippen LogP contribution is -2.59. The van der Waals surface area contributed by atoms with E-state index in [1.807, 2.05) is 35.2 Å². The molecule has 2 aliphatic rings. The molecule has 2 saturated heterocycles. The van der Waals surface area contributed by atoms with Crippen LogP contribution in [0.4, 0.5) is 19.0 Å². The summed E-state index contributed by atoms with van der Waals surface area (Å²) < 4.78 is 38.5. The Labute approximate surface area is 186 Å². The molecule has 0 aliphatic carbocycles. The number of benzene rings is 1. The summed E-state index contributed by atoms with van der Waals surface area (Å²) in [5, 5.41) is 10.4. The second-order valence-electron chi connectivity index (χ2n) is 8.65. The summed E-state index contributed by atoms with van der Waals surface area (Å²) in [5.41, 5.74) is 0.725. The van der Waals surface area contributed by atoms with Gasteiger partial charge in [0.1, 0.15) is 23.0 Å². The maximum atomic E-state index is 12.8. The van der Waals surface area contributed by atoms with Crippen molar-refractivity contribution in [2.24, 2.45) is 5.41 Å². The summed E-state index contributed by atoms with van der Waals surface area (Å²) in [4.78, 5) is 25.3. The molecular formula is C22H21F3N4O2S. The van der Waals surface area contributed by atoms with Crippen LogP contribution in [0.15, 0.2) is 42.7 Å². The first kappa shape index (κ1) is 21.1. The number of halogens is 3. The van der Waals surface area contributed by atoms with Gasteiger partial charge < -0.3 is 10.0 Å². The lowest BCUT2D eigenvalue weighted by molar-refractivity contribution is -0.149. The van der Waals surface area contributed by atoms with E-state index in [1.54, 1.807) is 6.07 Å². The van der Waals surface area contributed by atoms with Gasteiger partial charge in [0.25, 0.3) is 0 Å². The minimum Gasteiger partial charge on any atom is -0.480 e. The van der Waals surface area contributed by atoms with E-state index < -0.39 is 24.6 Å². The van der Waals surface area contributed by atoms with Crippen LogP contribution in [-0.2, 0) is 11.2 Å². The highest BCUT2D eigenvalue weighted by Crippen LogP contribution is 2.45. The molecule has 1 unspecified atom stereocenters. The molecule has 2 aromatic heterocycles. The Morgan fingerprint density at radius 2 is 1.94 bits per heavy atom. The van der Waals surface area contributed by atoms with Crippen molar-refractivity contribution in [3.8, 4) is 0 Å². The molecule has 1 atom stereocenters. The highest BCUT2D eigenvalue weighted by Gasteiger charge is 2.51. The number of aliphatic carboxylic acids is 1. The number of nitrogens with zero attached hydrogens (tertiary/aromatic N) is 4. The van der Waals surface area contributed by atoms with Crippen LogP contribution in [0.1, 0.15) is 22.9 Å². The van der Waals surface area contributed by atoms with Crippen molar-refractivity contribution >= 4 is 33.3 Å². The number of thiophene rings is 1. The van der Waals surface area contributed by atoms with Crippen molar-refractivity contribution in [1.29, 1.82) is 0 Å². The van der Waals surface area contributed by atoms with Crippen molar-refractivity contribution in [3.63, 3.8) is 0 Å². The van der Waals surface area contributed by atoms with Crippen LogP contribution in [0, 0.1) is 5.41 Å². The van der Waals surface area contributed by atoms with Crippen molar-refractivity contribution < 1.29 is 23.1 Å². The third-order valence-electron chi connectivity index (χ3n) is 6.26. The van der Waals surface area contributed by atoms with Crippen LogP contribution in [0.25, 0.3) is 10.2 Å². The molecule has 10 heteroatoms. The zero-order chi connectivity index (χ0) is 22.5. The Balaban J connectivity index is 1.32. The number of carbonyl (C=O) groups is 1. The Morgan fingerprint density at radius 3 is 2.62 bits per heavy atom. The monoisotopic (exact) mass is 462 g/mol. The molecule has 0 radical (unpaired) electrons. The van der Waals surface area contributed by atoms with Gasteiger partial charge in [-0.3, -0.25) is 9.69 Å². The second-order valence-corrected chi connectivity index (χ2v) is 9.76. The van der Waals surface area contributed by atoms with Gasteiger partial charge in [0.15, 0.2) is 0 Å². The van der Waals surface area contributed by atoms with Crippen LogP contribution in [0.2, 0.25) is 0 Å². The topological polar surface area (TPSA) is 69.6 Å². The molecule has 1 N–H and O–H groups in total. The molecule has 2 aliphatic heterocycles. The third-order valence-corrected chi connectivity index (χ3v) is 7.31. The van der Waals surface area contributed by atoms with Crippen molar-refractivity contribution in [2.75, 3.05) is 31.1 Å². The molecule has 2 fully saturated rings. The summed E-state index contributed by atoms with van der Waals surface area (Å²) in [7, 11) is 0. The van der Waals surface area contributed by atoms with Gasteiger partial charge in [-0.1, -0.05) is 30.3 Å². The van der Waals surface area contributed by atoms with Crippen LogP contribution in [0.3, 0.4) is 0 Å². The molecule has 6 nitrogen and oxygen atoms in total. The van der Waals surface area contributed by atoms with E-state index >= 15 is 0 Å². The summed E-state index contributed by atoms with van der Waals surface area (Å²) in [6.45, 7) is 2.74. The maximum Gasteiger partial charge on any atom is 0.393 e. The van der Waals surface area contributed by atoms with E-state index in [0.717, 1.165) is 29.9 Å². The lowest BCUT2D eigenvalue weighted by atomic mass is 9.77. The number of hydrogen-bond donors (Lipinski definition) is 1. The Kier molecular flexibility index (Phi) is 5.09. The molecule has 0 bridgehead atoms. The van der Waals surface area contributed by atoms with Gasteiger partial charge in [-0.25, -0.2) is 9.97 Å². The first-order valence-corrected chi connectivity index (χ1v) is 11.1. The number of alkyl halides is 3. The molecule has 1 spiro atoms. The van der Waals surface area contributed by atoms with Gasteiger partial charge in [0.2, 0.25) is 0 Å². The average molecular weight is 462 g/mol. The highest BCUT2D eigenvalue weighted by atomic mass is 32.1. The first-order chi connectivity index (χ1) is 15.2. The van der Waals surface area contributed by atoms with E-state index in [-0.39, 0.29) is 10.3 Å². The minimum absolute atomic E-state index is 0.0371. The standard InChI is InChI=1S/C22H21F3N4O2S/c23-22(24,25)9-15-8-16-18(26-13-27-19(16)32-15)28-7-6-21(10-28)11-29(12-21)17(20(30)31)14-4-2-1-3-5-14/h1-5,8,13,17H,6-7,9-12H2,(H,30,31). The maximum absolute atomic E-state index is 12.8. The molecule has 168 valence electrons. The Morgan fingerprint density at radius 1 is 1.19 bits per heavy atom. The van der Waals surface area contributed by atoms with Gasteiger partial charge in [-0.2, -0.15) is 13.2 Å². The van der Waals surface area contributed by atoms with E-state index in [9.17, 15) is 23.1 Å². The molecule has 32 heavy (non-hydrogen) atoms. The zero-order valence-electron chi connectivity index (χ0n) is 17.0. The molecule has 0 saturated carbocycles. The SMILES string of the molecule is O=C(O)C(c1ccccc1)N1CC2(CCN(c3ncnc4sc(CC(F)(F)F)cc34)C2)C1. The Bertz CT molecular complexity index is 1150. The molecule has 5 rings (SSSR count). The van der Waals surface area contributed by atoms with Crippen molar-refractivity contribution in [2.45, 2.75) is 25.1 Å². The quantitative estimate of drug-likeness (QED) is 0.615. The van der Waals surface area contributed by atoms with Crippen LogP contribution in [-0.4, -0.2) is 58.3 Å². The highest BCUT2D eigenvalue weighted by molar-refractivity contribution is 7.18. The van der Waals surface area contributed by atoms with Crippen molar-refractivity contribution in [3.05, 3.63) is 53.2 Å². The van der Waals surface area contributed by atoms with Gasteiger partial charge in [0.05, 0.1) is 11.8 Å². The number of likely N-dealkylation sites (tertiary alicyclic amines) is 1. The van der Waals surface area contributed by atoms with Gasteiger partial charge in [0, 0.05) is 36.5 Å². The normalized spacial score (nSPS) is 19.4. The predicted molar refractivity (Wildman–Crippen MR) is 115 cm³/mol. The summed E-state index contributed by atoms with van der Waals surface area (Å²) in [6.07, 6.45) is -2.95. The fraction of sp³-hybridized carbons (Fsp3) is 0.409. The largest absolute Gasteiger partial charge is 0.480 e. The third kappa shape index (κ3) is 3.93. The number of hydrogen-bond acceptors (Lipinski definition) is 6. The Hall–Kier alpha value is -2.72. The van der Waals surface area contributed by atoms with E-state index in [1.165, 1.54) is 6.33 Å². The summed E-state index contributed by atoms with van der Waals surface area (Å²) in [6, 6.07) is 10.1. The fourth-order valence-electron chi connectivity index (χ4n) is 4.95. The van der Waals surface area contributed by atoms with E-state index in [0.29, 0.717) is 35.7 Å². The number of carboxylic acid groups (broad SMARTS) is 1. The number of fused-ring (bicyclic) bond motifs is 1. The molecule has 4 heterocycles. The average Bonchev–Trinajstić information content (AvgIpc) is 3.31. The number of rotatable bonds is 5. The number of carboxylic acids is 1. The zero-order valence-corrected chi connectivity index (χ0v) is 17.9. The molecule has 1 aromatic carbocycles. The van der Waals surface area contributed by atoms with Gasteiger partial charge in [-0.15, -0.1) is 11.3 Å². The van der Waals surface area contributed by atoms with Gasteiger partial charge >= 0.3 is 12.1 Å². The first-order valence-electron chi connectivity index (χ1n) is 10.3. The number of anilines is 1. The second kappa shape index (κ2) is 7.70. The van der Waals surface area contributed by atoms with Crippen molar-refractivity contribution in [1.82, 2.24) is 14.9 Å². The molecule has 0 amide bonds. The minimum atomic E-state index is -4.26. The van der Waals surface area contributed by atoms with Crippen LogP contribution < -0.4 is 4.90 Å². The summed E-state index contributed by atoms with van der Waals surface area (Å²) >= 11 is 1.05. The molecule has 3 aromatic rings. The van der Waals surface area contributed by atoms with Gasteiger partial charge in [-0.05, 0) is 18.1 Å². The van der Waals surface area contributed by atoms with E-state index in [4.69, 9.17) is 0 Å². The van der Waals surface area contributed by atoms with Crippen LogP contribution >= 0.6 is 11.3 Å². The summed E-state index contributed by atoms with van der Waals surface area (Å²) in [5.74, 6) is -0.207. The van der Waals surface area contributed by atoms with E-state index in [2.05, 4.69) is 14.9 Å². The predicted octanol–water partition coefficient (Wildman–Crippen LogP) is 4.13. The lowest BCUT2D eigenvalue weighted by Gasteiger charge is -2.50. The molecular weight excluding hydrogens is 441 g/mol.